The van der Waals surface area contributed by atoms with Gasteiger partial charge in [0.25, 0.3) is 5.91 Å². The minimum Gasteiger partial charge on any atom is -0.333 e. The number of carbonyl (C=O) groups is 1. The molecule has 0 saturated heterocycles. The van der Waals surface area contributed by atoms with Crippen molar-refractivity contribution in [3.8, 4) is 0 Å². The van der Waals surface area contributed by atoms with E-state index < -0.39 is 5.82 Å². The summed E-state index contributed by atoms with van der Waals surface area (Å²) in [6.45, 7) is 0. The van der Waals surface area contributed by atoms with Gasteiger partial charge in [-0.1, -0.05) is 35.2 Å². The molecule has 0 bridgehead atoms. The molecule has 20 heavy (non-hydrogen) atoms. The van der Waals surface area contributed by atoms with Crippen molar-refractivity contribution in [3.05, 3.63) is 34.1 Å². The van der Waals surface area contributed by atoms with Crippen LogP contribution in [0.25, 0.3) is 0 Å². The molecular weight excluding hydrogens is 321 g/mol. The van der Waals surface area contributed by atoms with Crippen molar-refractivity contribution in [2.45, 2.75) is 57.0 Å². The number of halogens is 2. The summed E-state index contributed by atoms with van der Waals surface area (Å²) in [7, 11) is 0. The Labute approximate surface area is 127 Å². The summed E-state index contributed by atoms with van der Waals surface area (Å²) in [5, 5.41) is 0. The van der Waals surface area contributed by atoms with Gasteiger partial charge in [-0.15, -0.1) is 0 Å². The lowest BCUT2D eigenvalue weighted by atomic mass is 9.93. The first kappa shape index (κ1) is 14.1. The molecule has 2 saturated carbocycles. The zero-order valence-electron chi connectivity index (χ0n) is 11.4. The number of nitrogens with zero attached hydrogens (tertiary/aromatic N) is 1. The lowest BCUT2D eigenvalue weighted by Gasteiger charge is -2.34. The third kappa shape index (κ3) is 2.90. The van der Waals surface area contributed by atoms with Crippen molar-refractivity contribution in [2.24, 2.45) is 0 Å². The molecule has 0 aliphatic heterocycles. The van der Waals surface area contributed by atoms with Crippen LogP contribution in [-0.2, 0) is 0 Å². The number of hydrogen-bond acceptors (Lipinski definition) is 1. The van der Waals surface area contributed by atoms with E-state index in [-0.39, 0.29) is 11.5 Å². The van der Waals surface area contributed by atoms with Crippen molar-refractivity contribution in [3.63, 3.8) is 0 Å². The third-order valence-electron chi connectivity index (χ3n) is 4.30. The summed E-state index contributed by atoms with van der Waals surface area (Å²) in [4.78, 5) is 14.7. The Morgan fingerprint density at radius 2 is 1.75 bits per heavy atom. The van der Waals surface area contributed by atoms with E-state index in [9.17, 15) is 9.18 Å². The topological polar surface area (TPSA) is 20.3 Å². The quantitative estimate of drug-likeness (QED) is 0.792. The summed E-state index contributed by atoms with van der Waals surface area (Å²) in [5.74, 6) is -0.544. The van der Waals surface area contributed by atoms with Crippen molar-refractivity contribution >= 4 is 21.8 Å². The minimum atomic E-state index is -0.417. The highest BCUT2D eigenvalue weighted by atomic mass is 79.9. The third-order valence-corrected chi connectivity index (χ3v) is 4.79. The van der Waals surface area contributed by atoms with Gasteiger partial charge in [0.1, 0.15) is 5.82 Å². The Morgan fingerprint density at radius 3 is 2.40 bits per heavy atom. The Morgan fingerprint density at radius 1 is 1.10 bits per heavy atom. The summed E-state index contributed by atoms with van der Waals surface area (Å²) >= 11 is 3.33. The van der Waals surface area contributed by atoms with Gasteiger partial charge >= 0.3 is 0 Å². The predicted octanol–water partition coefficient (Wildman–Crippen LogP) is 4.53. The molecule has 108 valence electrons. The van der Waals surface area contributed by atoms with Crippen LogP contribution in [0.4, 0.5) is 4.39 Å². The summed E-state index contributed by atoms with van der Waals surface area (Å²) in [6, 6.07) is 5.25. The van der Waals surface area contributed by atoms with E-state index >= 15 is 0 Å². The van der Waals surface area contributed by atoms with Crippen LogP contribution in [0.15, 0.2) is 22.7 Å². The van der Waals surface area contributed by atoms with Crippen LogP contribution in [0.2, 0.25) is 0 Å². The van der Waals surface area contributed by atoms with Gasteiger partial charge in [0, 0.05) is 16.6 Å². The molecule has 2 aliphatic rings. The molecular formula is C16H19BrFNO. The number of hydrogen-bond donors (Lipinski definition) is 0. The Balaban J connectivity index is 1.86. The maximum absolute atomic E-state index is 14.0. The van der Waals surface area contributed by atoms with Crippen LogP contribution in [0, 0.1) is 5.82 Å². The normalized spacial score (nSPS) is 19.9. The predicted molar refractivity (Wildman–Crippen MR) is 80.2 cm³/mol. The van der Waals surface area contributed by atoms with Crippen LogP contribution >= 0.6 is 15.9 Å². The van der Waals surface area contributed by atoms with Gasteiger partial charge in [-0.2, -0.15) is 0 Å². The molecule has 3 rings (SSSR count). The van der Waals surface area contributed by atoms with Crippen LogP contribution in [0.5, 0.6) is 0 Å². The lowest BCUT2D eigenvalue weighted by Crippen LogP contribution is -2.43. The van der Waals surface area contributed by atoms with Gasteiger partial charge in [0.05, 0.1) is 5.56 Å². The molecule has 0 aromatic heterocycles. The van der Waals surface area contributed by atoms with E-state index in [0.717, 1.165) is 30.2 Å². The second-order valence-corrected chi connectivity index (χ2v) is 6.78. The number of amides is 1. The van der Waals surface area contributed by atoms with Crippen molar-refractivity contribution in [1.29, 1.82) is 0 Å². The highest BCUT2D eigenvalue weighted by molar-refractivity contribution is 9.10. The second kappa shape index (κ2) is 5.84. The Bertz CT molecular complexity index is 509. The summed E-state index contributed by atoms with van der Waals surface area (Å²) < 4.78 is 14.7. The Hall–Kier alpha value is -0.900. The molecule has 1 aromatic carbocycles. The van der Waals surface area contributed by atoms with E-state index in [4.69, 9.17) is 0 Å². The van der Waals surface area contributed by atoms with E-state index in [2.05, 4.69) is 15.9 Å². The molecule has 0 radical (unpaired) electrons. The molecule has 0 heterocycles. The smallest absolute Gasteiger partial charge is 0.257 e. The maximum atomic E-state index is 14.0. The summed E-state index contributed by atoms with van der Waals surface area (Å²) in [6.07, 6.45) is 7.89. The first-order valence-electron chi connectivity index (χ1n) is 7.44. The highest BCUT2D eigenvalue weighted by Gasteiger charge is 2.38. The van der Waals surface area contributed by atoms with Gasteiger partial charge in [-0.25, -0.2) is 4.39 Å². The van der Waals surface area contributed by atoms with Crippen LogP contribution in [-0.4, -0.2) is 22.9 Å². The molecule has 2 fully saturated rings. The zero-order chi connectivity index (χ0) is 14.1. The maximum Gasteiger partial charge on any atom is 0.257 e. The molecule has 1 amide bonds. The fourth-order valence-corrected chi connectivity index (χ4v) is 3.50. The standard InChI is InChI=1S/C16H19BrFNO/c17-11-6-9-15(18)14(10-11)16(20)19(13-7-8-13)12-4-2-1-3-5-12/h6,9-10,12-13H,1-5,7-8H2. The molecule has 1 aromatic rings. The zero-order valence-corrected chi connectivity index (χ0v) is 13.0. The molecule has 2 aliphatic carbocycles. The molecule has 0 N–H and O–H groups in total. The van der Waals surface area contributed by atoms with E-state index in [1.54, 1.807) is 12.1 Å². The average Bonchev–Trinajstić information content (AvgIpc) is 3.27. The fourth-order valence-electron chi connectivity index (χ4n) is 3.14. The number of carbonyl (C=O) groups excluding carboxylic acids is 1. The van der Waals surface area contributed by atoms with Crippen molar-refractivity contribution < 1.29 is 9.18 Å². The molecule has 2 nitrogen and oxygen atoms in total. The molecule has 0 atom stereocenters. The summed E-state index contributed by atoms with van der Waals surface area (Å²) in [5.41, 5.74) is 0.205. The first-order valence-corrected chi connectivity index (χ1v) is 8.24. The van der Waals surface area contributed by atoms with Crippen LogP contribution < -0.4 is 0 Å². The molecule has 4 heteroatoms. The average molecular weight is 340 g/mol. The van der Waals surface area contributed by atoms with E-state index in [0.29, 0.717) is 12.1 Å². The first-order chi connectivity index (χ1) is 9.66. The largest absolute Gasteiger partial charge is 0.333 e. The van der Waals surface area contributed by atoms with Crippen LogP contribution in [0.3, 0.4) is 0 Å². The van der Waals surface area contributed by atoms with Crippen molar-refractivity contribution in [1.82, 2.24) is 4.90 Å². The highest BCUT2D eigenvalue weighted by Crippen LogP contribution is 2.35. The Kier molecular flexibility index (Phi) is 4.11. The van der Waals surface area contributed by atoms with E-state index in [1.807, 2.05) is 4.90 Å². The SMILES string of the molecule is O=C(c1cc(Br)ccc1F)N(C1CCCCC1)C1CC1. The second-order valence-electron chi connectivity index (χ2n) is 5.86. The monoisotopic (exact) mass is 339 g/mol. The molecule has 0 spiro atoms. The lowest BCUT2D eigenvalue weighted by molar-refractivity contribution is 0.0609. The number of rotatable bonds is 3. The van der Waals surface area contributed by atoms with Crippen LogP contribution in [0.1, 0.15) is 55.3 Å². The van der Waals surface area contributed by atoms with Gasteiger partial charge in [-0.3, -0.25) is 4.79 Å². The minimum absolute atomic E-state index is 0.127. The van der Waals surface area contributed by atoms with Gasteiger partial charge in [-0.05, 0) is 43.9 Å². The fraction of sp³-hybridized carbons (Fsp3) is 0.562. The van der Waals surface area contributed by atoms with Crippen molar-refractivity contribution in [2.75, 3.05) is 0 Å². The van der Waals surface area contributed by atoms with Gasteiger partial charge in [0.2, 0.25) is 0 Å². The number of benzene rings is 1. The van der Waals surface area contributed by atoms with Gasteiger partial charge in [0.15, 0.2) is 0 Å². The van der Waals surface area contributed by atoms with E-state index in [1.165, 1.54) is 25.3 Å². The van der Waals surface area contributed by atoms with Gasteiger partial charge < -0.3 is 4.90 Å². The molecule has 0 unspecified atom stereocenters.